The fourth-order valence-corrected chi connectivity index (χ4v) is 2.63. The van der Waals surface area contributed by atoms with Crippen LogP contribution in [0.25, 0.3) is 0 Å². The summed E-state index contributed by atoms with van der Waals surface area (Å²) in [6.07, 6.45) is 7.07. The van der Waals surface area contributed by atoms with Gasteiger partial charge in [-0.15, -0.1) is 0 Å². The van der Waals surface area contributed by atoms with E-state index in [0.717, 1.165) is 18.3 Å². The highest BCUT2D eigenvalue weighted by Gasteiger charge is 2.21. The summed E-state index contributed by atoms with van der Waals surface area (Å²) in [5.41, 5.74) is 5.93. The molecule has 3 nitrogen and oxygen atoms in total. The summed E-state index contributed by atoms with van der Waals surface area (Å²) < 4.78 is 0. The Labute approximate surface area is 92.0 Å². The van der Waals surface area contributed by atoms with Gasteiger partial charge in [-0.25, -0.2) is 0 Å². The molecule has 0 aromatic rings. The second kappa shape index (κ2) is 6.11. The van der Waals surface area contributed by atoms with Crippen LogP contribution in [-0.4, -0.2) is 17.1 Å². The Morgan fingerprint density at radius 1 is 1.53 bits per heavy atom. The van der Waals surface area contributed by atoms with E-state index < -0.39 is 5.97 Å². The predicted molar refractivity (Wildman–Crippen MR) is 60.6 cm³/mol. The minimum atomic E-state index is -0.734. The van der Waals surface area contributed by atoms with E-state index in [1.165, 1.54) is 25.7 Å². The molecule has 0 saturated heterocycles. The maximum absolute atomic E-state index is 10.4. The van der Waals surface area contributed by atoms with Crippen LogP contribution in [0.4, 0.5) is 0 Å². The van der Waals surface area contributed by atoms with Gasteiger partial charge < -0.3 is 10.8 Å². The van der Waals surface area contributed by atoms with E-state index in [1.807, 2.05) is 0 Å². The third kappa shape index (κ3) is 5.17. The van der Waals surface area contributed by atoms with Crippen LogP contribution in [0.5, 0.6) is 0 Å². The Balaban J connectivity index is 2.18. The first-order valence-electron chi connectivity index (χ1n) is 6.05. The number of hydrogen-bond donors (Lipinski definition) is 2. The van der Waals surface area contributed by atoms with Crippen molar-refractivity contribution in [2.75, 3.05) is 0 Å². The molecule has 0 aliphatic heterocycles. The van der Waals surface area contributed by atoms with Crippen LogP contribution in [0.15, 0.2) is 0 Å². The zero-order chi connectivity index (χ0) is 11.3. The molecule has 0 spiro atoms. The van der Waals surface area contributed by atoms with Crippen molar-refractivity contribution >= 4 is 5.97 Å². The van der Waals surface area contributed by atoms with Gasteiger partial charge in [-0.1, -0.05) is 26.2 Å². The van der Waals surface area contributed by atoms with E-state index >= 15 is 0 Å². The fraction of sp³-hybridized carbons (Fsp3) is 0.917. The summed E-state index contributed by atoms with van der Waals surface area (Å²) in [6, 6.07) is 0.0800. The number of carbonyl (C=O) groups is 1. The SMILES string of the molecule is CC1CCCC(CC(N)CCC(=O)O)C1. The lowest BCUT2D eigenvalue weighted by Gasteiger charge is -2.28. The van der Waals surface area contributed by atoms with Gasteiger partial charge in [-0.3, -0.25) is 4.79 Å². The van der Waals surface area contributed by atoms with Crippen LogP contribution in [0.3, 0.4) is 0 Å². The molecule has 0 aromatic carbocycles. The Morgan fingerprint density at radius 3 is 2.87 bits per heavy atom. The predicted octanol–water partition coefficient (Wildman–Crippen LogP) is 2.39. The van der Waals surface area contributed by atoms with Crippen molar-refractivity contribution < 1.29 is 9.90 Å². The molecule has 1 saturated carbocycles. The molecule has 1 fully saturated rings. The lowest BCUT2D eigenvalue weighted by Crippen LogP contribution is -2.26. The zero-order valence-electron chi connectivity index (χ0n) is 9.61. The van der Waals surface area contributed by atoms with Crippen molar-refractivity contribution in [3.63, 3.8) is 0 Å². The van der Waals surface area contributed by atoms with Gasteiger partial charge in [0.1, 0.15) is 0 Å². The first kappa shape index (κ1) is 12.5. The average Bonchev–Trinajstić information content (AvgIpc) is 2.15. The van der Waals surface area contributed by atoms with Crippen molar-refractivity contribution in [1.82, 2.24) is 0 Å². The lowest BCUT2D eigenvalue weighted by atomic mass is 9.79. The molecule has 0 aromatic heterocycles. The van der Waals surface area contributed by atoms with E-state index in [2.05, 4.69) is 6.92 Å². The minimum Gasteiger partial charge on any atom is -0.481 e. The van der Waals surface area contributed by atoms with E-state index in [-0.39, 0.29) is 12.5 Å². The van der Waals surface area contributed by atoms with Crippen LogP contribution in [0.2, 0.25) is 0 Å². The molecule has 0 amide bonds. The summed E-state index contributed by atoms with van der Waals surface area (Å²) in [5.74, 6) is 0.829. The quantitative estimate of drug-likeness (QED) is 0.737. The molecule has 15 heavy (non-hydrogen) atoms. The molecular weight excluding hydrogens is 190 g/mol. The van der Waals surface area contributed by atoms with Gasteiger partial charge >= 0.3 is 5.97 Å². The van der Waals surface area contributed by atoms with E-state index in [4.69, 9.17) is 10.8 Å². The number of carboxylic acids is 1. The largest absolute Gasteiger partial charge is 0.481 e. The molecule has 3 N–H and O–H groups in total. The third-order valence-electron chi connectivity index (χ3n) is 3.41. The van der Waals surface area contributed by atoms with Gasteiger partial charge in [0, 0.05) is 12.5 Å². The molecule has 1 rings (SSSR count). The summed E-state index contributed by atoms with van der Waals surface area (Å²) in [4.78, 5) is 10.4. The standard InChI is InChI=1S/C12H23NO2/c1-9-3-2-4-10(7-9)8-11(13)5-6-12(14)15/h9-11H,2-8,13H2,1H3,(H,14,15). The molecule has 1 aliphatic rings. The first-order valence-corrected chi connectivity index (χ1v) is 6.05. The molecule has 1 aliphatic carbocycles. The number of carboxylic acid groups (broad SMARTS) is 1. The van der Waals surface area contributed by atoms with Gasteiger partial charge in [-0.2, -0.15) is 0 Å². The maximum atomic E-state index is 10.4. The third-order valence-corrected chi connectivity index (χ3v) is 3.41. The van der Waals surface area contributed by atoms with Gasteiger partial charge in [0.2, 0.25) is 0 Å². The van der Waals surface area contributed by atoms with Gasteiger partial charge in [0.25, 0.3) is 0 Å². The summed E-state index contributed by atoms with van der Waals surface area (Å²) in [5, 5.41) is 8.55. The Morgan fingerprint density at radius 2 is 2.27 bits per heavy atom. The molecule has 0 radical (unpaired) electrons. The molecule has 0 heterocycles. The molecule has 88 valence electrons. The van der Waals surface area contributed by atoms with Crippen LogP contribution in [0, 0.1) is 11.8 Å². The van der Waals surface area contributed by atoms with Crippen molar-refractivity contribution in [2.45, 2.75) is 57.9 Å². The number of nitrogens with two attached hydrogens (primary N) is 1. The van der Waals surface area contributed by atoms with Crippen LogP contribution in [0.1, 0.15) is 51.9 Å². The fourth-order valence-electron chi connectivity index (χ4n) is 2.63. The zero-order valence-corrected chi connectivity index (χ0v) is 9.61. The van der Waals surface area contributed by atoms with E-state index in [1.54, 1.807) is 0 Å². The normalized spacial score (nSPS) is 28.7. The minimum absolute atomic E-state index is 0.0800. The van der Waals surface area contributed by atoms with Crippen molar-refractivity contribution in [2.24, 2.45) is 17.6 Å². The molecule has 0 bridgehead atoms. The molecule has 3 atom stereocenters. The Hall–Kier alpha value is -0.570. The number of rotatable bonds is 5. The summed E-state index contributed by atoms with van der Waals surface area (Å²) in [6.45, 7) is 2.30. The summed E-state index contributed by atoms with van der Waals surface area (Å²) >= 11 is 0. The highest BCUT2D eigenvalue weighted by molar-refractivity contribution is 5.66. The van der Waals surface area contributed by atoms with Crippen LogP contribution < -0.4 is 5.73 Å². The smallest absolute Gasteiger partial charge is 0.303 e. The highest BCUT2D eigenvalue weighted by Crippen LogP contribution is 2.31. The Kier molecular flexibility index (Phi) is 5.09. The number of aliphatic carboxylic acids is 1. The van der Waals surface area contributed by atoms with E-state index in [0.29, 0.717) is 6.42 Å². The average molecular weight is 213 g/mol. The van der Waals surface area contributed by atoms with Crippen molar-refractivity contribution in [1.29, 1.82) is 0 Å². The summed E-state index contributed by atoms with van der Waals surface area (Å²) in [7, 11) is 0. The molecule has 3 heteroatoms. The second-order valence-electron chi connectivity index (χ2n) is 5.07. The first-order chi connectivity index (χ1) is 7.08. The van der Waals surface area contributed by atoms with Crippen molar-refractivity contribution in [3.8, 4) is 0 Å². The highest BCUT2D eigenvalue weighted by atomic mass is 16.4. The molecular formula is C12H23NO2. The van der Waals surface area contributed by atoms with Crippen LogP contribution in [-0.2, 0) is 4.79 Å². The second-order valence-corrected chi connectivity index (χ2v) is 5.07. The van der Waals surface area contributed by atoms with Gasteiger partial charge in [-0.05, 0) is 31.1 Å². The monoisotopic (exact) mass is 213 g/mol. The Bertz CT molecular complexity index is 206. The van der Waals surface area contributed by atoms with Gasteiger partial charge in [0.05, 0.1) is 0 Å². The number of hydrogen-bond acceptors (Lipinski definition) is 2. The van der Waals surface area contributed by atoms with E-state index in [9.17, 15) is 4.79 Å². The molecule has 3 unspecified atom stereocenters. The van der Waals surface area contributed by atoms with Crippen molar-refractivity contribution in [3.05, 3.63) is 0 Å². The lowest BCUT2D eigenvalue weighted by molar-refractivity contribution is -0.137. The maximum Gasteiger partial charge on any atom is 0.303 e. The van der Waals surface area contributed by atoms with Crippen LogP contribution >= 0.6 is 0 Å². The topological polar surface area (TPSA) is 63.3 Å². The van der Waals surface area contributed by atoms with Gasteiger partial charge in [0.15, 0.2) is 0 Å².